The van der Waals surface area contributed by atoms with Crippen LogP contribution in [0.1, 0.15) is 32.1 Å². The number of rotatable bonds is 7. The van der Waals surface area contributed by atoms with Crippen LogP contribution in [0.25, 0.3) is 10.8 Å². The van der Waals surface area contributed by atoms with E-state index in [2.05, 4.69) is 53.1 Å². The quantitative estimate of drug-likeness (QED) is 0.388. The van der Waals surface area contributed by atoms with Gasteiger partial charge in [0.25, 0.3) is 0 Å². The van der Waals surface area contributed by atoms with Crippen LogP contribution in [-0.2, 0) is 0 Å². The monoisotopic (exact) mass is 370 g/mol. The second kappa shape index (κ2) is 10.4. The number of nitrogens with one attached hydrogen (secondary N) is 2. The molecule has 0 aromatic heterocycles. The van der Waals surface area contributed by atoms with Gasteiger partial charge in [-0.25, -0.2) is 0 Å². The van der Waals surface area contributed by atoms with Crippen LogP contribution in [0.5, 0.6) is 0 Å². The Morgan fingerprint density at radius 3 is 2.69 bits per heavy atom. The van der Waals surface area contributed by atoms with Gasteiger partial charge in [-0.3, -0.25) is 4.99 Å². The first-order chi connectivity index (χ1) is 12.9. The average Bonchev–Trinajstić information content (AvgIpc) is 2.69. The zero-order valence-corrected chi connectivity index (χ0v) is 16.2. The van der Waals surface area contributed by atoms with Gasteiger partial charge >= 0.3 is 0 Å². The highest BCUT2D eigenvalue weighted by molar-refractivity contribution is 7.99. The Morgan fingerprint density at radius 2 is 1.85 bits per heavy atom. The van der Waals surface area contributed by atoms with Gasteiger partial charge in [-0.2, -0.15) is 11.8 Å². The van der Waals surface area contributed by atoms with E-state index >= 15 is 0 Å². The van der Waals surface area contributed by atoms with Gasteiger partial charge in [0.2, 0.25) is 0 Å². The van der Waals surface area contributed by atoms with Crippen LogP contribution in [-0.4, -0.2) is 36.6 Å². The van der Waals surface area contributed by atoms with Crippen molar-refractivity contribution in [2.45, 2.75) is 38.1 Å². The zero-order valence-electron chi connectivity index (χ0n) is 15.4. The fraction of sp³-hybridized carbons (Fsp3) is 0.476. The Bertz CT molecular complexity index is 705. The summed E-state index contributed by atoms with van der Waals surface area (Å²) in [6.07, 6.45) is 6.45. The maximum absolute atomic E-state index is 5.57. The maximum atomic E-state index is 5.57. The first-order valence-electron chi connectivity index (χ1n) is 9.70. The van der Waals surface area contributed by atoms with Crippen molar-refractivity contribution in [3.63, 3.8) is 0 Å². The lowest BCUT2D eigenvalue weighted by Gasteiger charge is -2.25. The van der Waals surface area contributed by atoms with E-state index in [1.165, 1.54) is 42.9 Å². The average molecular weight is 371 g/mol. The Kier molecular flexibility index (Phi) is 7.65. The third-order valence-corrected chi connectivity index (χ3v) is 5.75. The van der Waals surface area contributed by atoms with Crippen molar-refractivity contribution in [1.82, 2.24) is 5.32 Å². The van der Waals surface area contributed by atoms with Crippen molar-refractivity contribution in [2.24, 2.45) is 10.7 Å². The fourth-order valence-electron chi connectivity index (χ4n) is 3.43. The summed E-state index contributed by atoms with van der Waals surface area (Å²) in [5.41, 5.74) is 6.68. The molecule has 0 spiro atoms. The highest BCUT2D eigenvalue weighted by atomic mass is 32.2. The largest absolute Gasteiger partial charge is 0.353 e. The molecule has 0 unspecified atom stereocenters. The molecule has 26 heavy (non-hydrogen) atoms. The van der Waals surface area contributed by atoms with E-state index in [0.29, 0.717) is 6.04 Å². The fourth-order valence-corrected chi connectivity index (χ4v) is 4.02. The van der Waals surface area contributed by atoms with Crippen LogP contribution in [0.15, 0.2) is 47.5 Å². The summed E-state index contributed by atoms with van der Waals surface area (Å²) < 4.78 is 0. The number of thioether (sulfide) groups is 1. The van der Waals surface area contributed by atoms with Gasteiger partial charge in [0.15, 0.2) is 5.96 Å². The SMILES string of the molecule is NCCSCCN=C(Nc1cccc2ccccc12)NC1CCCCC1. The molecule has 0 heterocycles. The molecule has 2 aromatic rings. The van der Waals surface area contributed by atoms with E-state index in [4.69, 9.17) is 10.7 Å². The predicted molar refractivity (Wildman–Crippen MR) is 116 cm³/mol. The van der Waals surface area contributed by atoms with Crippen LogP contribution < -0.4 is 16.4 Å². The number of anilines is 1. The number of hydrogen-bond donors (Lipinski definition) is 3. The molecule has 3 rings (SSSR count). The molecule has 0 atom stereocenters. The lowest BCUT2D eigenvalue weighted by molar-refractivity contribution is 0.413. The summed E-state index contributed by atoms with van der Waals surface area (Å²) in [5, 5.41) is 9.70. The molecular formula is C21H30N4S. The number of nitrogens with two attached hydrogens (primary N) is 1. The van der Waals surface area contributed by atoms with Crippen molar-refractivity contribution >= 4 is 34.2 Å². The van der Waals surface area contributed by atoms with E-state index in [-0.39, 0.29) is 0 Å². The highest BCUT2D eigenvalue weighted by Crippen LogP contribution is 2.23. The molecule has 1 aliphatic carbocycles. The van der Waals surface area contributed by atoms with E-state index in [1.54, 1.807) is 0 Å². The summed E-state index contributed by atoms with van der Waals surface area (Å²) >= 11 is 1.86. The molecule has 5 heteroatoms. The van der Waals surface area contributed by atoms with Crippen molar-refractivity contribution in [1.29, 1.82) is 0 Å². The molecule has 4 nitrogen and oxygen atoms in total. The third-order valence-electron chi connectivity index (χ3n) is 4.76. The molecular weight excluding hydrogens is 340 g/mol. The van der Waals surface area contributed by atoms with Crippen LogP contribution in [0, 0.1) is 0 Å². The van der Waals surface area contributed by atoms with Crippen LogP contribution in [0.4, 0.5) is 5.69 Å². The van der Waals surface area contributed by atoms with Gasteiger partial charge in [0.05, 0.1) is 6.54 Å². The molecule has 0 radical (unpaired) electrons. The Balaban J connectivity index is 1.71. The van der Waals surface area contributed by atoms with Crippen molar-refractivity contribution < 1.29 is 0 Å². The molecule has 4 N–H and O–H groups in total. The molecule has 1 fully saturated rings. The van der Waals surface area contributed by atoms with Gasteiger partial charge in [0.1, 0.15) is 0 Å². The lowest BCUT2D eigenvalue weighted by Crippen LogP contribution is -2.40. The molecule has 0 saturated heterocycles. The minimum Gasteiger partial charge on any atom is -0.353 e. The minimum absolute atomic E-state index is 0.529. The van der Waals surface area contributed by atoms with Gasteiger partial charge in [-0.05, 0) is 24.3 Å². The van der Waals surface area contributed by atoms with Crippen LogP contribution in [0.3, 0.4) is 0 Å². The standard InChI is InChI=1S/C21H30N4S/c22-13-15-26-16-14-23-21(24-18-9-2-1-3-10-18)25-20-12-6-8-17-7-4-5-11-19(17)20/h4-8,11-12,18H,1-3,9-10,13-16,22H2,(H2,23,24,25). The van der Waals surface area contributed by atoms with E-state index < -0.39 is 0 Å². The number of guanidine groups is 1. The molecule has 0 aliphatic heterocycles. The number of benzene rings is 2. The van der Waals surface area contributed by atoms with E-state index in [9.17, 15) is 0 Å². The van der Waals surface area contributed by atoms with Gasteiger partial charge < -0.3 is 16.4 Å². The van der Waals surface area contributed by atoms with Gasteiger partial charge in [0, 0.05) is 35.2 Å². The van der Waals surface area contributed by atoms with Gasteiger partial charge in [-0.1, -0.05) is 55.7 Å². The van der Waals surface area contributed by atoms with Crippen molar-refractivity contribution in [2.75, 3.05) is 29.9 Å². The second-order valence-electron chi connectivity index (χ2n) is 6.76. The highest BCUT2D eigenvalue weighted by Gasteiger charge is 2.15. The second-order valence-corrected chi connectivity index (χ2v) is 7.99. The van der Waals surface area contributed by atoms with Crippen molar-refractivity contribution in [3.8, 4) is 0 Å². The molecule has 140 valence electrons. The van der Waals surface area contributed by atoms with E-state index in [1.807, 2.05) is 11.8 Å². The Hall–Kier alpha value is -1.72. The smallest absolute Gasteiger partial charge is 0.196 e. The first-order valence-corrected chi connectivity index (χ1v) is 10.9. The first kappa shape index (κ1) is 19.1. The topological polar surface area (TPSA) is 62.4 Å². The number of aliphatic imine (C=N–C) groups is 1. The summed E-state index contributed by atoms with van der Waals surface area (Å²) in [4.78, 5) is 4.82. The van der Waals surface area contributed by atoms with Crippen LogP contribution in [0.2, 0.25) is 0 Å². The molecule has 2 aromatic carbocycles. The number of nitrogens with zero attached hydrogens (tertiary/aromatic N) is 1. The van der Waals surface area contributed by atoms with Gasteiger partial charge in [-0.15, -0.1) is 0 Å². The number of fused-ring (bicyclic) bond motifs is 1. The zero-order chi connectivity index (χ0) is 18.0. The van der Waals surface area contributed by atoms with E-state index in [0.717, 1.165) is 36.2 Å². The Labute approximate surface area is 161 Å². The summed E-state index contributed by atoms with van der Waals surface area (Å²) in [6, 6.07) is 15.4. The Morgan fingerprint density at radius 1 is 1.04 bits per heavy atom. The molecule has 0 bridgehead atoms. The summed E-state index contributed by atoms with van der Waals surface area (Å²) in [5.74, 6) is 2.91. The summed E-state index contributed by atoms with van der Waals surface area (Å²) in [6.45, 7) is 1.54. The third kappa shape index (κ3) is 5.64. The summed E-state index contributed by atoms with van der Waals surface area (Å²) in [7, 11) is 0. The normalized spacial score (nSPS) is 16.0. The lowest BCUT2D eigenvalue weighted by atomic mass is 9.96. The minimum atomic E-state index is 0.529. The van der Waals surface area contributed by atoms with Crippen molar-refractivity contribution in [3.05, 3.63) is 42.5 Å². The van der Waals surface area contributed by atoms with Crippen LogP contribution >= 0.6 is 11.8 Å². The molecule has 1 saturated carbocycles. The maximum Gasteiger partial charge on any atom is 0.196 e. The number of hydrogen-bond acceptors (Lipinski definition) is 3. The predicted octanol–water partition coefficient (Wildman–Crippen LogP) is 4.22. The molecule has 0 amide bonds. The molecule has 1 aliphatic rings.